The number of carboxylic acids is 1. The highest BCUT2D eigenvalue weighted by atomic mass is 19.4. The lowest BCUT2D eigenvalue weighted by atomic mass is 10.0. The molecule has 0 aromatic carbocycles. The van der Waals surface area contributed by atoms with Crippen molar-refractivity contribution in [2.45, 2.75) is 25.6 Å². The number of carboxylic acid groups (broad SMARTS) is 1. The van der Waals surface area contributed by atoms with Crippen LogP contribution in [0.4, 0.5) is 13.2 Å². The molecular formula is C10H10F3NO4. The number of aromatic carboxylic acids is 1. The van der Waals surface area contributed by atoms with Crippen LogP contribution in [-0.2, 0) is 10.9 Å². The highest BCUT2D eigenvalue weighted by Crippen LogP contribution is 2.38. The number of hydrogen-bond acceptors (Lipinski definition) is 4. The molecule has 2 rings (SSSR count). The second-order valence-corrected chi connectivity index (χ2v) is 4.09. The van der Waals surface area contributed by atoms with E-state index in [0.717, 1.165) is 0 Å². The first kappa shape index (κ1) is 12.9. The minimum atomic E-state index is -4.86. The largest absolute Gasteiger partial charge is 0.475 e. The van der Waals surface area contributed by atoms with Gasteiger partial charge in [0.2, 0.25) is 11.7 Å². The summed E-state index contributed by atoms with van der Waals surface area (Å²) in [6.07, 6.45) is -4.92. The molecule has 100 valence electrons. The highest BCUT2D eigenvalue weighted by molar-refractivity contribution is 5.85. The number of ether oxygens (including phenoxy) is 1. The Bertz CT molecular complexity index is 468. The summed E-state index contributed by atoms with van der Waals surface area (Å²) in [5, 5.41) is 8.68. The van der Waals surface area contributed by atoms with E-state index in [2.05, 4.69) is 4.98 Å². The second kappa shape index (κ2) is 4.27. The van der Waals surface area contributed by atoms with E-state index in [1.54, 1.807) is 6.92 Å². The van der Waals surface area contributed by atoms with E-state index in [9.17, 15) is 18.0 Å². The number of rotatable bonds is 2. The number of alkyl halides is 3. The molecule has 1 aromatic heterocycles. The number of halogens is 3. The van der Waals surface area contributed by atoms with Gasteiger partial charge in [0.1, 0.15) is 6.10 Å². The standard InChI is InChI=1S/C10H10F3NO4/c1-4-2-3-17-5(4)8-14-7(10(11,12)13)6(18-8)9(15)16/h4-5H,2-3H2,1H3,(H,15,16). The van der Waals surface area contributed by atoms with Gasteiger partial charge in [0.05, 0.1) is 0 Å². The third kappa shape index (κ3) is 2.20. The Morgan fingerprint density at radius 2 is 2.17 bits per heavy atom. The van der Waals surface area contributed by atoms with Crippen molar-refractivity contribution in [2.24, 2.45) is 5.92 Å². The normalized spacial score (nSPS) is 24.4. The van der Waals surface area contributed by atoms with E-state index in [0.29, 0.717) is 13.0 Å². The van der Waals surface area contributed by atoms with Gasteiger partial charge in [-0.1, -0.05) is 6.92 Å². The first-order valence-corrected chi connectivity index (χ1v) is 5.23. The van der Waals surface area contributed by atoms with Crippen molar-refractivity contribution < 1.29 is 32.2 Å². The van der Waals surface area contributed by atoms with E-state index in [1.165, 1.54) is 0 Å². The van der Waals surface area contributed by atoms with Gasteiger partial charge in [0, 0.05) is 6.61 Å². The van der Waals surface area contributed by atoms with Crippen molar-refractivity contribution in [2.75, 3.05) is 6.61 Å². The summed E-state index contributed by atoms with van der Waals surface area (Å²) >= 11 is 0. The van der Waals surface area contributed by atoms with Gasteiger partial charge >= 0.3 is 12.1 Å². The monoisotopic (exact) mass is 265 g/mol. The van der Waals surface area contributed by atoms with Gasteiger partial charge in [-0.15, -0.1) is 0 Å². The first-order chi connectivity index (χ1) is 8.30. The minimum absolute atomic E-state index is 0.0635. The van der Waals surface area contributed by atoms with Crippen molar-refractivity contribution in [3.63, 3.8) is 0 Å². The molecule has 0 spiro atoms. The summed E-state index contributed by atoms with van der Waals surface area (Å²) in [4.78, 5) is 13.9. The summed E-state index contributed by atoms with van der Waals surface area (Å²) < 4.78 is 47.6. The zero-order chi connectivity index (χ0) is 13.5. The van der Waals surface area contributed by atoms with Crippen molar-refractivity contribution in [1.29, 1.82) is 0 Å². The molecule has 2 heterocycles. The topological polar surface area (TPSA) is 72.6 Å². The summed E-state index contributed by atoms with van der Waals surface area (Å²) in [5.41, 5.74) is -1.52. The van der Waals surface area contributed by atoms with E-state index >= 15 is 0 Å². The molecule has 2 atom stereocenters. The lowest BCUT2D eigenvalue weighted by Gasteiger charge is -2.09. The molecule has 0 amide bonds. The maximum Gasteiger partial charge on any atom is 0.437 e. The van der Waals surface area contributed by atoms with Gasteiger partial charge < -0.3 is 14.3 Å². The summed E-state index contributed by atoms with van der Waals surface area (Å²) in [5.74, 6) is -3.39. The quantitative estimate of drug-likeness (QED) is 0.889. The summed E-state index contributed by atoms with van der Waals surface area (Å²) in [6.45, 7) is 2.16. The van der Waals surface area contributed by atoms with Gasteiger partial charge in [0.15, 0.2) is 5.69 Å². The molecule has 2 unspecified atom stereocenters. The third-order valence-electron chi connectivity index (χ3n) is 2.74. The predicted octanol–water partition coefficient (Wildman–Crippen LogP) is 2.49. The minimum Gasteiger partial charge on any atom is -0.475 e. The zero-order valence-corrected chi connectivity index (χ0v) is 9.32. The van der Waals surface area contributed by atoms with Crippen LogP contribution in [0.25, 0.3) is 0 Å². The van der Waals surface area contributed by atoms with Crippen LogP contribution < -0.4 is 0 Å². The SMILES string of the molecule is CC1CCOC1c1nc(C(F)(F)F)c(C(=O)O)o1. The fourth-order valence-electron chi connectivity index (χ4n) is 1.81. The van der Waals surface area contributed by atoms with Crippen molar-refractivity contribution in [3.05, 3.63) is 17.3 Å². The molecule has 1 aromatic rings. The average Bonchev–Trinajstić information content (AvgIpc) is 2.81. The maximum atomic E-state index is 12.6. The lowest BCUT2D eigenvalue weighted by molar-refractivity contribution is -0.141. The number of nitrogens with zero attached hydrogens (tertiary/aromatic N) is 1. The molecule has 1 saturated heterocycles. The fourth-order valence-corrected chi connectivity index (χ4v) is 1.81. The van der Waals surface area contributed by atoms with Crippen LogP contribution in [0, 0.1) is 5.92 Å². The molecule has 18 heavy (non-hydrogen) atoms. The average molecular weight is 265 g/mol. The van der Waals surface area contributed by atoms with Crippen LogP contribution in [0.2, 0.25) is 0 Å². The summed E-state index contributed by atoms with van der Waals surface area (Å²) in [7, 11) is 0. The lowest BCUT2D eigenvalue weighted by Crippen LogP contribution is -2.12. The van der Waals surface area contributed by atoms with Gasteiger partial charge in [-0.3, -0.25) is 0 Å². The molecule has 0 saturated carbocycles. The number of oxazole rings is 1. The van der Waals surface area contributed by atoms with Crippen molar-refractivity contribution in [3.8, 4) is 0 Å². The fraction of sp³-hybridized carbons (Fsp3) is 0.600. The van der Waals surface area contributed by atoms with Crippen LogP contribution in [0.1, 0.15) is 41.6 Å². The second-order valence-electron chi connectivity index (χ2n) is 4.09. The van der Waals surface area contributed by atoms with Gasteiger partial charge in [0.25, 0.3) is 0 Å². The molecular weight excluding hydrogens is 255 g/mol. The van der Waals surface area contributed by atoms with E-state index in [-0.39, 0.29) is 11.8 Å². The molecule has 8 heteroatoms. The summed E-state index contributed by atoms with van der Waals surface area (Å²) in [6, 6.07) is 0. The Morgan fingerprint density at radius 1 is 1.50 bits per heavy atom. The Labute approximate surface area is 99.6 Å². The molecule has 0 bridgehead atoms. The Balaban J connectivity index is 2.42. The van der Waals surface area contributed by atoms with Crippen LogP contribution in [0.15, 0.2) is 4.42 Å². The van der Waals surface area contributed by atoms with E-state index in [4.69, 9.17) is 14.3 Å². The van der Waals surface area contributed by atoms with Crippen LogP contribution in [0.5, 0.6) is 0 Å². The van der Waals surface area contributed by atoms with Gasteiger partial charge in [-0.25, -0.2) is 9.78 Å². The molecule has 1 fully saturated rings. The zero-order valence-electron chi connectivity index (χ0n) is 9.32. The third-order valence-corrected chi connectivity index (χ3v) is 2.74. The Morgan fingerprint density at radius 3 is 2.56 bits per heavy atom. The van der Waals surface area contributed by atoms with Crippen molar-refractivity contribution >= 4 is 5.97 Å². The Kier molecular flexibility index (Phi) is 3.05. The van der Waals surface area contributed by atoms with Crippen LogP contribution in [-0.4, -0.2) is 22.7 Å². The molecule has 5 nitrogen and oxygen atoms in total. The molecule has 1 aliphatic heterocycles. The van der Waals surface area contributed by atoms with Crippen molar-refractivity contribution in [1.82, 2.24) is 4.98 Å². The molecule has 1 N–H and O–H groups in total. The van der Waals surface area contributed by atoms with Gasteiger partial charge in [-0.05, 0) is 12.3 Å². The van der Waals surface area contributed by atoms with Gasteiger partial charge in [-0.2, -0.15) is 13.2 Å². The van der Waals surface area contributed by atoms with Crippen LogP contribution in [0.3, 0.4) is 0 Å². The van der Waals surface area contributed by atoms with E-state index in [1.807, 2.05) is 0 Å². The molecule has 1 aliphatic rings. The maximum absolute atomic E-state index is 12.6. The molecule has 0 aliphatic carbocycles. The van der Waals surface area contributed by atoms with E-state index < -0.39 is 29.7 Å². The highest BCUT2D eigenvalue weighted by Gasteiger charge is 2.43. The number of hydrogen-bond donors (Lipinski definition) is 1. The predicted molar refractivity (Wildman–Crippen MR) is 50.9 cm³/mol. The first-order valence-electron chi connectivity index (χ1n) is 5.23. The smallest absolute Gasteiger partial charge is 0.437 e. The molecule has 0 radical (unpaired) electrons. The number of carbonyl (C=O) groups is 1. The Hall–Kier alpha value is -1.57. The number of aromatic nitrogens is 1. The van der Waals surface area contributed by atoms with Crippen LogP contribution >= 0.6 is 0 Å².